The van der Waals surface area contributed by atoms with E-state index in [9.17, 15) is 18.5 Å². The first-order chi connectivity index (χ1) is 9.73. The van der Waals surface area contributed by atoms with Crippen LogP contribution >= 0.6 is 0 Å². The summed E-state index contributed by atoms with van der Waals surface area (Å²) in [7, 11) is -3.84. The average Bonchev–Trinajstić information content (AvgIpc) is 3.00. The summed E-state index contributed by atoms with van der Waals surface area (Å²) in [6.07, 6.45) is -2.53. The van der Waals surface area contributed by atoms with Gasteiger partial charge in [-0.3, -0.25) is 8.98 Å². The second kappa shape index (κ2) is 4.41. The first-order valence-corrected chi connectivity index (χ1v) is 8.38. The summed E-state index contributed by atoms with van der Waals surface area (Å²) in [6.45, 7) is 5.36. The quantitative estimate of drug-likeness (QED) is 0.547. The summed E-state index contributed by atoms with van der Waals surface area (Å²) in [4.78, 5) is 12.2. The van der Waals surface area contributed by atoms with Gasteiger partial charge in [0.25, 0.3) is 10.1 Å². The van der Waals surface area contributed by atoms with Crippen LogP contribution < -0.4 is 0 Å². The molecule has 0 amide bonds. The standard InChI is InChI=1S/C13H17NO6S/c1-4-13(2,3)12(15)19-8-7-6(5-14)11-10(18-7)9(8)20-21(11,16)17/h6-11H,4H2,1-3H3. The Balaban J connectivity index is 1.87. The first kappa shape index (κ1) is 14.8. The second-order valence-electron chi connectivity index (χ2n) is 6.35. The molecule has 0 aliphatic carbocycles. The van der Waals surface area contributed by atoms with E-state index in [1.54, 1.807) is 13.8 Å². The van der Waals surface area contributed by atoms with Gasteiger partial charge in [-0.15, -0.1) is 0 Å². The Bertz CT molecular complexity index is 621. The van der Waals surface area contributed by atoms with Crippen LogP contribution in [0.3, 0.4) is 0 Å². The highest BCUT2D eigenvalue weighted by atomic mass is 32.2. The maximum absolute atomic E-state index is 12.2. The molecule has 3 saturated heterocycles. The Hall–Kier alpha value is -1.17. The van der Waals surface area contributed by atoms with Crippen molar-refractivity contribution in [3.63, 3.8) is 0 Å². The summed E-state index contributed by atoms with van der Waals surface area (Å²) in [5.74, 6) is -1.30. The van der Waals surface area contributed by atoms with Gasteiger partial charge >= 0.3 is 5.97 Å². The van der Waals surface area contributed by atoms with Gasteiger partial charge in [-0.2, -0.15) is 13.7 Å². The van der Waals surface area contributed by atoms with Crippen LogP contribution in [-0.4, -0.2) is 44.1 Å². The van der Waals surface area contributed by atoms with Crippen LogP contribution in [0.5, 0.6) is 0 Å². The van der Waals surface area contributed by atoms with E-state index in [1.165, 1.54) is 0 Å². The topological polar surface area (TPSA) is 103 Å². The predicted octanol–water partition coefficient (Wildman–Crippen LogP) is 0.352. The molecule has 3 fully saturated rings. The summed E-state index contributed by atoms with van der Waals surface area (Å²) in [6, 6.07) is 1.96. The molecule has 0 aromatic heterocycles. The largest absolute Gasteiger partial charge is 0.456 e. The number of hydrogen-bond acceptors (Lipinski definition) is 7. The average molecular weight is 315 g/mol. The van der Waals surface area contributed by atoms with Gasteiger partial charge in [0.2, 0.25) is 0 Å². The highest BCUT2D eigenvalue weighted by molar-refractivity contribution is 7.87. The third-order valence-electron chi connectivity index (χ3n) is 4.72. The fourth-order valence-electron chi connectivity index (χ4n) is 3.04. The maximum atomic E-state index is 12.2. The van der Waals surface area contributed by atoms with E-state index in [0.29, 0.717) is 6.42 Å². The molecule has 8 heteroatoms. The number of rotatable bonds is 3. The van der Waals surface area contributed by atoms with Gasteiger partial charge in [-0.1, -0.05) is 6.92 Å². The van der Waals surface area contributed by atoms with Crippen molar-refractivity contribution in [2.75, 3.05) is 0 Å². The molecule has 116 valence electrons. The van der Waals surface area contributed by atoms with Crippen molar-refractivity contribution in [1.82, 2.24) is 0 Å². The minimum Gasteiger partial charge on any atom is -0.456 e. The van der Waals surface area contributed by atoms with Crippen LogP contribution in [-0.2, 0) is 28.6 Å². The van der Waals surface area contributed by atoms with Gasteiger partial charge in [0.15, 0.2) is 6.10 Å². The number of hydrogen-bond donors (Lipinski definition) is 0. The number of nitrogens with zero attached hydrogens (tertiary/aromatic N) is 1. The first-order valence-electron chi connectivity index (χ1n) is 6.91. The Morgan fingerprint density at radius 1 is 1.33 bits per heavy atom. The van der Waals surface area contributed by atoms with E-state index >= 15 is 0 Å². The van der Waals surface area contributed by atoms with Crippen LogP contribution in [0.2, 0.25) is 0 Å². The van der Waals surface area contributed by atoms with Crippen molar-refractivity contribution in [1.29, 1.82) is 5.26 Å². The number of carbonyl (C=O) groups excluding carboxylic acids is 1. The lowest BCUT2D eigenvalue weighted by Gasteiger charge is -2.28. The molecule has 3 aliphatic rings. The Kier molecular flexibility index (Phi) is 3.10. The van der Waals surface area contributed by atoms with Gasteiger partial charge in [0.1, 0.15) is 23.6 Å². The molecule has 0 spiro atoms. The van der Waals surface area contributed by atoms with E-state index in [2.05, 4.69) is 0 Å². The molecule has 3 heterocycles. The van der Waals surface area contributed by atoms with Gasteiger partial charge in [0, 0.05) is 0 Å². The molecule has 6 atom stereocenters. The molecule has 0 aromatic rings. The molecule has 7 nitrogen and oxygen atoms in total. The normalized spacial score (nSPS) is 42.8. The molecule has 0 saturated carbocycles. The van der Waals surface area contributed by atoms with Crippen LogP contribution in [0.15, 0.2) is 0 Å². The third-order valence-corrected chi connectivity index (χ3v) is 6.44. The van der Waals surface area contributed by atoms with Crippen molar-refractivity contribution in [3.8, 4) is 6.07 Å². The monoisotopic (exact) mass is 315 g/mol. The molecule has 2 bridgehead atoms. The van der Waals surface area contributed by atoms with Crippen LogP contribution in [0.25, 0.3) is 0 Å². The number of esters is 1. The van der Waals surface area contributed by atoms with Gasteiger partial charge in [0.05, 0.1) is 17.4 Å². The van der Waals surface area contributed by atoms with Gasteiger partial charge in [-0.25, -0.2) is 0 Å². The van der Waals surface area contributed by atoms with Crippen LogP contribution in [0, 0.1) is 22.7 Å². The summed E-state index contributed by atoms with van der Waals surface area (Å²) < 4.78 is 39.9. The van der Waals surface area contributed by atoms with Crippen LogP contribution in [0.1, 0.15) is 27.2 Å². The van der Waals surface area contributed by atoms with Crippen molar-refractivity contribution in [2.45, 2.75) is 56.9 Å². The number of fused-ring (bicyclic) bond motifs is 1. The molecule has 21 heavy (non-hydrogen) atoms. The Labute approximate surface area is 123 Å². The summed E-state index contributed by atoms with van der Waals surface area (Å²) in [5.41, 5.74) is -0.680. The second-order valence-corrected chi connectivity index (χ2v) is 8.07. The third kappa shape index (κ3) is 1.91. The van der Waals surface area contributed by atoms with Crippen molar-refractivity contribution in [2.24, 2.45) is 11.3 Å². The lowest BCUT2D eigenvalue weighted by Crippen LogP contribution is -2.47. The molecular weight excluding hydrogens is 298 g/mol. The SMILES string of the molecule is CCC(C)(C)C(=O)OC1C2OC3C1OS(=O)(=O)C3C2C#N. The van der Waals surface area contributed by atoms with Crippen molar-refractivity contribution in [3.05, 3.63) is 0 Å². The minimum atomic E-state index is -3.84. The van der Waals surface area contributed by atoms with Crippen LogP contribution in [0.4, 0.5) is 0 Å². The zero-order chi connectivity index (χ0) is 15.6. The van der Waals surface area contributed by atoms with Crippen molar-refractivity contribution >= 4 is 16.1 Å². The predicted molar refractivity (Wildman–Crippen MR) is 69.3 cm³/mol. The van der Waals surface area contributed by atoms with E-state index in [-0.39, 0.29) is 0 Å². The molecule has 3 rings (SSSR count). The zero-order valence-electron chi connectivity index (χ0n) is 12.0. The number of nitriles is 1. The highest BCUT2D eigenvalue weighted by Gasteiger charge is 2.72. The van der Waals surface area contributed by atoms with Crippen molar-refractivity contribution < 1.29 is 26.9 Å². The summed E-state index contributed by atoms with van der Waals surface area (Å²) in [5, 5.41) is 8.24. The van der Waals surface area contributed by atoms with E-state index in [1.807, 2.05) is 13.0 Å². The molecular formula is C13H17NO6S. The molecule has 0 N–H and O–H groups in total. The van der Waals surface area contributed by atoms with E-state index in [4.69, 9.17) is 13.7 Å². The number of carbonyl (C=O) groups is 1. The molecule has 3 aliphatic heterocycles. The smallest absolute Gasteiger partial charge is 0.311 e. The lowest BCUT2D eigenvalue weighted by molar-refractivity contribution is -0.166. The van der Waals surface area contributed by atoms with E-state index in [0.717, 1.165) is 0 Å². The van der Waals surface area contributed by atoms with Gasteiger partial charge in [-0.05, 0) is 20.3 Å². The highest BCUT2D eigenvalue weighted by Crippen LogP contribution is 2.51. The zero-order valence-corrected chi connectivity index (χ0v) is 12.8. The minimum absolute atomic E-state index is 0.438. The Morgan fingerprint density at radius 3 is 2.57 bits per heavy atom. The fourth-order valence-corrected chi connectivity index (χ4v) is 4.82. The molecule has 0 aromatic carbocycles. The number of ether oxygens (including phenoxy) is 2. The Morgan fingerprint density at radius 2 is 2.00 bits per heavy atom. The molecule has 0 radical (unpaired) electrons. The lowest BCUT2D eigenvalue weighted by atomic mass is 9.85. The summed E-state index contributed by atoms with van der Waals surface area (Å²) >= 11 is 0. The molecule has 6 unspecified atom stereocenters. The fraction of sp³-hybridized carbons (Fsp3) is 0.846. The van der Waals surface area contributed by atoms with Gasteiger partial charge < -0.3 is 9.47 Å². The van der Waals surface area contributed by atoms with E-state index < -0.39 is 57.1 Å². The maximum Gasteiger partial charge on any atom is 0.311 e.